The first-order chi connectivity index (χ1) is 14.8. The van der Waals surface area contributed by atoms with Crippen LogP contribution in [0.2, 0.25) is 0 Å². The molecule has 5 nitrogen and oxygen atoms in total. The summed E-state index contributed by atoms with van der Waals surface area (Å²) in [6, 6.07) is 14.8. The zero-order valence-corrected chi connectivity index (χ0v) is 18.3. The average molecular weight is 426 g/mol. The van der Waals surface area contributed by atoms with Crippen molar-refractivity contribution in [3.05, 3.63) is 60.4 Å². The number of thioether (sulfide) groups is 1. The summed E-state index contributed by atoms with van der Waals surface area (Å²) < 4.78 is 6.09. The number of hydrogen-bond acceptors (Lipinski definition) is 5. The van der Waals surface area contributed by atoms with E-state index in [2.05, 4.69) is 39.0 Å². The van der Waals surface area contributed by atoms with Gasteiger partial charge in [0, 0.05) is 50.4 Å². The van der Waals surface area contributed by atoms with Gasteiger partial charge >= 0.3 is 0 Å². The largest absolute Gasteiger partial charge is 0.490 e. The topological polar surface area (TPSA) is 45.7 Å². The van der Waals surface area contributed by atoms with E-state index in [9.17, 15) is 4.79 Å². The molecule has 30 heavy (non-hydrogen) atoms. The van der Waals surface area contributed by atoms with Gasteiger partial charge in [-0.15, -0.1) is 11.8 Å². The Morgan fingerprint density at radius 1 is 0.967 bits per heavy atom. The number of piperidine rings is 2. The van der Waals surface area contributed by atoms with Crippen LogP contribution in [0.25, 0.3) is 0 Å². The van der Waals surface area contributed by atoms with Crippen LogP contribution in [0.15, 0.2) is 54.9 Å². The Hall–Kier alpha value is -2.05. The summed E-state index contributed by atoms with van der Waals surface area (Å²) in [5.74, 6) is 2.69. The Morgan fingerprint density at radius 3 is 2.37 bits per heavy atom. The minimum atomic E-state index is 0.291. The fraction of sp³-hybridized carbons (Fsp3) is 0.500. The van der Waals surface area contributed by atoms with Gasteiger partial charge in [-0.2, -0.15) is 0 Å². The Morgan fingerprint density at radius 2 is 1.67 bits per heavy atom. The number of rotatable bonds is 7. The Kier molecular flexibility index (Phi) is 7.65. The molecule has 160 valence electrons. The lowest BCUT2D eigenvalue weighted by molar-refractivity contribution is -0.130. The number of aromatic nitrogens is 1. The molecule has 0 N–H and O–H groups in total. The van der Waals surface area contributed by atoms with Crippen LogP contribution in [0.5, 0.6) is 5.75 Å². The molecule has 0 unspecified atom stereocenters. The van der Waals surface area contributed by atoms with E-state index in [0.717, 1.165) is 63.4 Å². The summed E-state index contributed by atoms with van der Waals surface area (Å²) in [5, 5.41) is 0. The van der Waals surface area contributed by atoms with Gasteiger partial charge in [-0.05, 0) is 43.4 Å². The molecule has 0 bridgehead atoms. The van der Waals surface area contributed by atoms with Gasteiger partial charge < -0.3 is 9.64 Å². The number of pyridine rings is 1. The Balaban J connectivity index is 1.14. The third-order valence-corrected chi connectivity index (χ3v) is 7.09. The molecule has 6 heteroatoms. The van der Waals surface area contributed by atoms with E-state index < -0.39 is 0 Å². The third-order valence-electron chi connectivity index (χ3n) is 6.10. The summed E-state index contributed by atoms with van der Waals surface area (Å²) >= 11 is 1.72. The van der Waals surface area contributed by atoms with Crippen molar-refractivity contribution < 1.29 is 9.53 Å². The van der Waals surface area contributed by atoms with Crippen molar-refractivity contribution >= 4 is 17.7 Å². The van der Waals surface area contributed by atoms with Crippen molar-refractivity contribution in [1.29, 1.82) is 0 Å². The number of hydrogen-bond donors (Lipinski definition) is 0. The van der Waals surface area contributed by atoms with Crippen LogP contribution in [0, 0.1) is 0 Å². The van der Waals surface area contributed by atoms with E-state index in [4.69, 9.17) is 4.74 Å². The van der Waals surface area contributed by atoms with Gasteiger partial charge in [0.2, 0.25) is 5.91 Å². The fourth-order valence-electron chi connectivity index (χ4n) is 4.37. The van der Waals surface area contributed by atoms with Crippen LogP contribution in [0.1, 0.15) is 31.2 Å². The van der Waals surface area contributed by atoms with Crippen LogP contribution in [-0.4, -0.2) is 64.8 Å². The standard InChI is InChI=1S/C24H31N3O2S/c28-24(19-30-18-20-4-2-1-3-5-20)27-14-8-21(9-15-27)26-16-10-23(11-17-26)29-22-6-12-25-13-7-22/h1-7,12-13,21,23H,8-11,14-19H2. The molecule has 1 aromatic carbocycles. The zero-order valence-electron chi connectivity index (χ0n) is 17.5. The van der Waals surface area contributed by atoms with Gasteiger partial charge in [-0.1, -0.05) is 30.3 Å². The second kappa shape index (κ2) is 10.8. The summed E-state index contributed by atoms with van der Waals surface area (Å²) in [5.41, 5.74) is 1.28. The normalized spacial score (nSPS) is 19.0. The van der Waals surface area contributed by atoms with E-state index in [1.54, 1.807) is 24.2 Å². The maximum Gasteiger partial charge on any atom is 0.232 e. The van der Waals surface area contributed by atoms with Gasteiger partial charge in [0.05, 0.1) is 5.75 Å². The van der Waals surface area contributed by atoms with E-state index in [1.165, 1.54) is 5.56 Å². The number of benzene rings is 1. The third kappa shape index (κ3) is 5.99. The highest BCUT2D eigenvalue weighted by Crippen LogP contribution is 2.24. The Bertz CT molecular complexity index is 774. The first kappa shape index (κ1) is 21.2. The number of carbonyl (C=O) groups excluding carboxylic acids is 1. The zero-order chi connectivity index (χ0) is 20.6. The van der Waals surface area contributed by atoms with Crippen molar-refractivity contribution in [2.24, 2.45) is 0 Å². The molecule has 3 heterocycles. The van der Waals surface area contributed by atoms with Crippen LogP contribution < -0.4 is 4.74 Å². The molecule has 0 aliphatic carbocycles. The number of carbonyl (C=O) groups is 1. The summed E-state index contributed by atoms with van der Waals surface area (Å²) in [4.78, 5) is 21.3. The predicted molar refractivity (Wildman–Crippen MR) is 122 cm³/mol. The van der Waals surface area contributed by atoms with Crippen molar-refractivity contribution in [3.63, 3.8) is 0 Å². The summed E-state index contributed by atoms with van der Waals surface area (Å²) in [6.45, 7) is 3.95. The number of ether oxygens (including phenoxy) is 1. The highest BCUT2D eigenvalue weighted by atomic mass is 32.2. The van der Waals surface area contributed by atoms with E-state index in [-0.39, 0.29) is 0 Å². The highest BCUT2D eigenvalue weighted by Gasteiger charge is 2.30. The van der Waals surface area contributed by atoms with Crippen molar-refractivity contribution in [2.45, 2.75) is 43.6 Å². The van der Waals surface area contributed by atoms with Crippen LogP contribution in [0.4, 0.5) is 0 Å². The minimum Gasteiger partial charge on any atom is -0.490 e. The quantitative estimate of drug-likeness (QED) is 0.674. The van der Waals surface area contributed by atoms with Crippen molar-refractivity contribution in [3.8, 4) is 5.75 Å². The predicted octanol–water partition coefficient (Wildman–Crippen LogP) is 3.85. The number of likely N-dealkylation sites (tertiary alicyclic amines) is 2. The lowest BCUT2D eigenvalue weighted by Crippen LogP contribution is -2.50. The number of amides is 1. The second-order valence-electron chi connectivity index (χ2n) is 8.13. The smallest absolute Gasteiger partial charge is 0.232 e. The molecule has 2 fully saturated rings. The molecule has 2 aliphatic rings. The molecule has 1 aromatic heterocycles. The van der Waals surface area contributed by atoms with Gasteiger partial charge in [-0.25, -0.2) is 0 Å². The lowest BCUT2D eigenvalue weighted by Gasteiger charge is -2.41. The maximum absolute atomic E-state index is 12.6. The van der Waals surface area contributed by atoms with E-state index >= 15 is 0 Å². The molecule has 2 aliphatic heterocycles. The van der Waals surface area contributed by atoms with Crippen molar-refractivity contribution in [2.75, 3.05) is 31.9 Å². The number of nitrogens with zero attached hydrogens (tertiary/aromatic N) is 3. The molecule has 0 saturated carbocycles. The van der Waals surface area contributed by atoms with Gasteiger partial charge in [0.25, 0.3) is 0 Å². The average Bonchev–Trinajstić information content (AvgIpc) is 2.81. The molecule has 4 rings (SSSR count). The molecular formula is C24H31N3O2S. The van der Waals surface area contributed by atoms with Crippen LogP contribution in [-0.2, 0) is 10.5 Å². The van der Waals surface area contributed by atoms with Gasteiger partial charge in [0.1, 0.15) is 11.9 Å². The van der Waals surface area contributed by atoms with E-state index in [0.29, 0.717) is 23.8 Å². The van der Waals surface area contributed by atoms with Crippen molar-refractivity contribution in [1.82, 2.24) is 14.8 Å². The first-order valence-electron chi connectivity index (χ1n) is 11.0. The Labute approximate surface area is 183 Å². The fourth-order valence-corrected chi connectivity index (χ4v) is 5.26. The molecule has 2 aromatic rings. The highest BCUT2D eigenvalue weighted by molar-refractivity contribution is 7.99. The first-order valence-corrected chi connectivity index (χ1v) is 12.1. The SMILES string of the molecule is O=C(CSCc1ccccc1)N1CCC(N2CCC(Oc3ccncc3)CC2)CC1. The molecule has 0 atom stereocenters. The minimum absolute atomic E-state index is 0.291. The second-order valence-corrected chi connectivity index (χ2v) is 9.11. The maximum atomic E-state index is 12.6. The summed E-state index contributed by atoms with van der Waals surface area (Å²) in [7, 11) is 0. The molecule has 0 spiro atoms. The molecular weight excluding hydrogens is 394 g/mol. The summed E-state index contributed by atoms with van der Waals surface area (Å²) in [6.07, 6.45) is 8.16. The molecule has 2 saturated heterocycles. The molecule has 0 radical (unpaired) electrons. The van der Waals surface area contributed by atoms with Crippen LogP contribution in [0.3, 0.4) is 0 Å². The van der Waals surface area contributed by atoms with Crippen LogP contribution >= 0.6 is 11.8 Å². The van der Waals surface area contributed by atoms with Gasteiger partial charge in [-0.3, -0.25) is 14.7 Å². The van der Waals surface area contributed by atoms with E-state index in [1.807, 2.05) is 18.2 Å². The molecule has 1 amide bonds. The van der Waals surface area contributed by atoms with Gasteiger partial charge in [0.15, 0.2) is 0 Å². The monoisotopic (exact) mass is 425 g/mol. The lowest BCUT2D eigenvalue weighted by atomic mass is 9.99.